The summed E-state index contributed by atoms with van der Waals surface area (Å²) in [7, 11) is 4.89. The minimum Gasteiger partial charge on any atom is -0.507 e. The van der Waals surface area contributed by atoms with Crippen molar-refractivity contribution < 1.29 is 33.6 Å². The van der Waals surface area contributed by atoms with Gasteiger partial charge in [-0.25, -0.2) is 0 Å². The fourth-order valence-electron chi connectivity index (χ4n) is 4.01. The Kier molecular flexibility index (Phi) is 9.43. The lowest BCUT2D eigenvalue weighted by Crippen LogP contribution is -2.46. The standard InChI is InChI=1S/C23H33N5O7/c1-5-24-28(2)23(33-4)35-15-7-6-14(8-15)18-11-21(27-26-18)25-22(31)13-34-20-10-16(32-3)9-19(30)17(20)12-29/h9-12,14-15,23-24,30H,5-8,13H2,1-4H3,(H2,25,26,27,31)/t14-,15+,23?/m0/s1. The zero-order chi connectivity index (χ0) is 25.4. The Labute approximate surface area is 203 Å². The van der Waals surface area contributed by atoms with Crippen LogP contribution in [0.2, 0.25) is 0 Å². The summed E-state index contributed by atoms with van der Waals surface area (Å²) in [5.74, 6) is 0.153. The van der Waals surface area contributed by atoms with Crippen molar-refractivity contribution in [3.8, 4) is 17.2 Å². The maximum absolute atomic E-state index is 12.4. The number of carbonyl (C=O) groups excluding carboxylic acids is 2. The van der Waals surface area contributed by atoms with Crippen LogP contribution in [-0.4, -0.2) is 79.4 Å². The molecular weight excluding hydrogens is 458 g/mol. The van der Waals surface area contributed by atoms with Crippen molar-refractivity contribution in [2.75, 3.05) is 39.7 Å². The number of aldehydes is 1. The third kappa shape index (κ3) is 6.92. The molecule has 0 bridgehead atoms. The number of aromatic amines is 1. The van der Waals surface area contributed by atoms with E-state index >= 15 is 0 Å². The first kappa shape index (κ1) is 26.4. The zero-order valence-corrected chi connectivity index (χ0v) is 20.4. The highest BCUT2D eigenvalue weighted by molar-refractivity contribution is 5.91. The number of H-pyrrole nitrogens is 1. The Bertz CT molecular complexity index is 999. The fourth-order valence-corrected chi connectivity index (χ4v) is 4.01. The van der Waals surface area contributed by atoms with Crippen molar-refractivity contribution in [2.45, 2.75) is 44.6 Å². The average Bonchev–Trinajstić information content (AvgIpc) is 3.50. The maximum Gasteiger partial charge on any atom is 0.263 e. The highest BCUT2D eigenvalue weighted by Gasteiger charge is 2.31. The number of amides is 1. The van der Waals surface area contributed by atoms with Gasteiger partial charge in [0.15, 0.2) is 18.7 Å². The van der Waals surface area contributed by atoms with Crippen molar-refractivity contribution in [1.29, 1.82) is 0 Å². The number of rotatable bonds is 13. The minimum atomic E-state index is -0.485. The monoisotopic (exact) mass is 491 g/mol. The van der Waals surface area contributed by atoms with Crippen molar-refractivity contribution >= 4 is 18.0 Å². The van der Waals surface area contributed by atoms with Crippen LogP contribution in [0.4, 0.5) is 5.82 Å². The molecule has 3 atom stereocenters. The molecule has 1 heterocycles. The van der Waals surface area contributed by atoms with Gasteiger partial charge >= 0.3 is 0 Å². The molecule has 0 spiro atoms. The fraction of sp³-hybridized carbons (Fsp3) is 0.522. The van der Waals surface area contributed by atoms with E-state index in [0.717, 1.165) is 31.5 Å². The van der Waals surface area contributed by atoms with Gasteiger partial charge in [-0.05, 0) is 19.3 Å². The van der Waals surface area contributed by atoms with Crippen LogP contribution in [0.15, 0.2) is 18.2 Å². The van der Waals surface area contributed by atoms with Crippen LogP contribution in [0.25, 0.3) is 0 Å². The molecule has 1 amide bonds. The second-order valence-electron chi connectivity index (χ2n) is 8.15. The van der Waals surface area contributed by atoms with Crippen molar-refractivity contribution in [2.24, 2.45) is 0 Å². The van der Waals surface area contributed by atoms with Gasteiger partial charge in [-0.2, -0.15) is 10.1 Å². The lowest BCUT2D eigenvalue weighted by molar-refractivity contribution is -0.238. The second kappa shape index (κ2) is 12.5. The van der Waals surface area contributed by atoms with Crippen LogP contribution in [0.3, 0.4) is 0 Å². The maximum atomic E-state index is 12.4. The molecule has 12 heteroatoms. The number of hydrogen-bond donors (Lipinski definition) is 4. The first-order chi connectivity index (χ1) is 16.9. The molecule has 1 aliphatic rings. The van der Waals surface area contributed by atoms with Gasteiger partial charge in [-0.15, -0.1) is 0 Å². The second-order valence-corrected chi connectivity index (χ2v) is 8.15. The summed E-state index contributed by atoms with van der Waals surface area (Å²) in [5, 5.41) is 21.5. The van der Waals surface area contributed by atoms with Crippen LogP contribution in [0.1, 0.15) is 48.2 Å². The van der Waals surface area contributed by atoms with E-state index in [1.54, 1.807) is 18.2 Å². The van der Waals surface area contributed by atoms with Gasteiger partial charge in [0.2, 0.25) is 6.41 Å². The molecule has 1 aromatic heterocycles. The minimum absolute atomic E-state index is 0.0343. The number of anilines is 1. The van der Waals surface area contributed by atoms with Gasteiger partial charge < -0.3 is 29.4 Å². The number of nitrogens with zero attached hydrogens (tertiary/aromatic N) is 2. The Hall–Kier alpha value is -3.19. The van der Waals surface area contributed by atoms with E-state index in [2.05, 4.69) is 20.9 Å². The smallest absolute Gasteiger partial charge is 0.263 e. The number of ether oxygens (including phenoxy) is 4. The van der Waals surface area contributed by atoms with E-state index in [9.17, 15) is 14.7 Å². The summed E-state index contributed by atoms with van der Waals surface area (Å²) < 4.78 is 22.0. The molecule has 4 N–H and O–H groups in total. The molecule has 1 aromatic carbocycles. The van der Waals surface area contributed by atoms with Gasteiger partial charge in [0.05, 0.1) is 18.8 Å². The summed E-state index contributed by atoms with van der Waals surface area (Å²) in [6, 6.07) is 4.50. The third-order valence-corrected chi connectivity index (χ3v) is 5.73. The Morgan fingerprint density at radius 3 is 2.83 bits per heavy atom. The van der Waals surface area contributed by atoms with Gasteiger partial charge in [-0.3, -0.25) is 20.1 Å². The summed E-state index contributed by atoms with van der Waals surface area (Å²) in [6.07, 6.45) is 2.60. The van der Waals surface area contributed by atoms with E-state index in [0.29, 0.717) is 17.9 Å². The largest absolute Gasteiger partial charge is 0.507 e. The first-order valence-electron chi connectivity index (χ1n) is 11.4. The first-order valence-corrected chi connectivity index (χ1v) is 11.4. The molecule has 192 valence electrons. The molecule has 35 heavy (non-hydrogen) atoms. The van der Waals surface area contributed by atoms with Crippen LogP contribution in [0.5, 0.6) is 17.2 Å². The van der Waals surface area contributed by atoms with Crippen LogP contribution >= 0.6 is 0 Å². The predicted molar refractivity (Wildman–Crippen MR) is 126 cm³/mol. The number of hydrogen-bond acceptors (Lipinski definition) is 10. The number of aromatic nitrogens is 2. The number of nitrogens with one attached hydrogen (secondary N) is 3. The number of benzene rings is 1. The number of phenolic OH excluding ortho intramolecular Hbond substituents is 1. The summed E-state index contributed by atoms with van der Waals surface area (Å²) in [5.41, 5.74) is 3.99. The van der Waals surface area contributed by atoms with Gasteiger partial charge in [0, 0.05) is 50.5 Å². The lowest BCUT2D eigenvalue weighted by atomic mass is 10.0. The van der Waals surface area contributed by atoms with Crippen molar-refractivity contribution in [3.05, 3.63) is 29.5 Å². The summed E-state index contributed by atoms with van der Waals surface area (Å²) in [4.78, 5) is 23.6. The highest BCUT2D eigenvalue weighted by atomic mass is 16.7. The Morgan fingerprint density at radius 2 is 2.14 bits per heavy atom. The number of aromatic hydroxyl groups is 1. The lowest BCUT2D eigenvalue weighted by Gasteiger charge is -2.29. The molecule has 12 nitrogen and oxygen atoms in total. The zero-order valence-electron chi connectivity index (χ0n) is 20.4. The van der Waals surface area contributed by atoms with E-state index in [1.807, 2.05) is 14.0 Å². The van der Waals surface area contributed by atoms with Gasteiger partial charge in [0.25, 0.3) is 5.91 Å². The Balaban J connectivity index is 1.52. The molecule has 0 radical (unpaired) electrons. The predicted octanol–water partition coefficient (Wildman–Crippen LogP) is 1.99. The molecule has 0 saturated heterocycles. The molecular formula is C23H33N5O7. The normalized spacial score (nSPS) is 18.4. The number of phenols is 1. The van der Waals surface area contributed by atoms with Crippen molar-refractivity contribution in [3.63, 3.8) is 0 Å². The van der Waals surface area contributed by atoms with E-state index in [1.165, 1.54) is 19.2 Å². The van der Waals surface area contributed by atoms with Crippen LogP contribution in [0, 0.1) is 0 Å². The quantitative estimate of drug-likeness (QED) is 0.186. The SMILES string of the molecule is CCNN(C)C(OC)O[C@@H]1CC[C@H](c2cc(NC(=O)COc3cc(OC)cc(O)c3C=O)n[nH]2)C1. The van der Waals surface area contributed by atoms with Gasteiger partial charge in [0.1, 0.15) is 17.2 Å². The van der Waals surface area contributed by atoms with Crippen LogP contribution < -0.4 is 20.2 Å². The molecule has 1 aliphatic carbocycles. The molecule has 2 aromatic rings. The number of hydrazine groups is 1. The molecule has 1 unspecified atom stereocenters. The molecule has 1 saturated carbocycles. The average molecular weight is 492 g/mol. The molecule has 1 fully saturated rings. The molecule has 0 aliphatic heterocycles. The number of methoxy groups -OCH3 is 2. The molecule has 3 rings (SSSR count). The number of carbonyl (C=O) groups is 2. The third-order valence-electron chi connectivity index (χ3n) is 5.73. The summed E-state index contributed by atoms with van der Waals surface area (Å²) in [6.45, 7) is 2.38. The van der Waals surface area contributed by atoms with E-state index in [4.69, 9.17) is 18.9 Å². The van der Waals surface area contributed by atoms with E-state index in [-0.39, 0.29) is 35.7 Å². The Morgan fingerprint density at radius 1 is 1.34 bits per heavy atom. The van der Waals surface area contributed by atoms with Crippen molar-refractivity contribution in [1.82, 2.24) is 20.6 Å². The van der Waals surface area contributed by atoms with Crippen LogP contribution in [-0.2, 0) is 14.3 Å². The highest BCUT2D eigenvalue weighted by Crippen LogP contribution is 2.36. The van der Waals surface area contributed by atoms with Gasteiger partial charge in [-0.1, -0.05) is 6.92 Å². The topological polar surface area (TPSA) is 147 Å². The summed E-state index contributed by atoms with van der Waals surface area (Å²) >= 11 is 0. The van der Waals surface area contributed by atoms with E-state index < -0.39 is 12.3 Å².